The quantitative estimate of drug-likeness (QED) is 0.806. The summed E-state index contributed by atoms with van der Waals surface area (Å²) in [7, 11) is 0. The first-order valence-electron chi connectivity index (χ1n) is 7.18. The Kier molecular flexibility index (Phi) is 5.29. The number of aromatic nitrogens is 2. The Balaban J connectivity index is 1.92. The molecule has 1 aromatic rings. The molecule has 1 fully saturated rings. The average molecular weight is 278 g/mol. The van der Waals surface area contributed by atoms with Crippen LogP contribution in [0.15, 0.2) is 12.4 Å². The maximum Gasteiger partial charge on any atom is 0.323 e. The molecule has 20 heavy (non-hydrogen) atoms. The zero-order valence-corrected chi connectivity index (χ0v) is 11.9. The van der Waals surface area contributed by atoms with Crippen molar-refractivity contribution in [1.29, 1.82) is 0 Å². The Bertz CT molecular complexity index is 429. The van der Waals surface area contributed by atoms with Gasteiger partial charge in [0.25, 0.3) is 0 Å². The summed E-state index contributed by atoms with van der Waals surface area (Å²) in [4.78, 5) is 22.4. The highest BCUT2D eigenvalue weighted by Crippen LogP contribution is 2.15. The second kappa shape index (κ2) is 7.19. The van der Waals surface area contributed by atoms with Crippen LogP contribution in [0.3, 0.4) is 0 Å². The first-order chi connectivity index (χ1) is 9.70. The van der Waals surface area contributed by atoms with Crippen molar-refractivity contribution < 1.29 is 9.53 Å². The van der Waals surface area contributed by atoms with Crippen molar-refractivity contribution in [2.45, 2.75) is 38.6 Å². The maximum atomic E-state index is 11.5. The third-order valence-electron chi connectivity index (χ3n) is 3.38. The Morgan fingerprint density at radius 1 is 1.35 bits per heavy atom. The van der Waals surface area contributed by atoms with Crippen molar-refractivity contribution >= 4 is 11.9 Å². The van der Waals surface area contributed by atoms with Gasteiger partial charge in [-0.05, 0) is 31.7 Å². The number of carbonyl (C=O) groups excluding carboxylic acids is 1. The molecular formula is C14H22N4O2. The molecule has 0 amide bonds. The number of nitrogens with zero attached hydrogens (tertiary/aromatic N) is 3. The van der Waals surface area contributed by atoms with Crippen LogP contribution in [-0.2, 0) is 16.0 Å². The molecule has 0 bridgehead atoms. The predicted molar refractivity (Wildman–Crippen MR) is 76.4 cm³/mol. The fourth-order valence-electron chi connectivity index (χ4n) is 2.30. The highest BCUT2D eigenvalue weighted by atomic mass is 16.5. The van der Waals surface area contributed by atoms with Crippen LogP contribution in [0.1, 0.15) is 31.7 Å². The molecule has 0 spiro atoms. The van der Waals surface area contributed by atoms with E-state index >= 15 is 0 Å². The fraction of sp³-hybridized carbons (Fsp3) is 0.643. The molecule has 0 radical (unpaired) electrons. The van der Waals surface area contributed by atoms with E-state index in [1.165, 1.54) is 19.3 Å². The molecule has 2 N–H and O–H groups in total. The van der Waals surface area contributed by atoms with Gasteiger partial charge in [-0.15, -0.1) is 0 Å². The van der Waals surface area contributed by atoms with E-state index in [9.17, 15) is 4.79 Å². The zero-order valence-electron chi connectivity index (χ0n) is 11.9. The predicted octanol–water partition coefficient (Wildman–Crippen LogP) is 0.900. The summed E-state index contributed by atoms with van der Waals surface area (Å²) in [6, 6.07) is -0.653. The molecule has 1 aliphatic heterocycles. The summed E-state index contributed by atoms with van der Waals surface area (Å²) in [5.41, 5.74) is 6.63. The second-order valence-electron chi connectivity index (χ2n) is 5.00. The minimum Gasteiger partial charge on any atom is -0.465 e. The van der Waals surface area contributed by atoms with Gasteiger partial charge in [0.15, 0.2) is 0 Å². The van der Waals surface area contributed by atoms with Crippen LogP contribution in [-0.4, -0.2) is 41.7 Å². The van der Waals surface area contributed by atoms with E-state index < -0.39 is 6.04 Å². The molecule has 0 aromatic carbocycles. The molecule has 1 aromatic heterocycles. The molecule has 1 aliphatic rings. The smallest absolute Gasteiger partial charge is 0.323 e. The topological polar surface area (TPSA) is 81.3 Å². The van der Waals surface area contributed by atoms with Gasteiger partial charge in [0.2, 0.25) is 5.95 Å². The molecule has 6 nitrogen and oxygen atoms in total. The number of hydrogen-bond acceptors (Lipinski definition) is 6. The lowest BCUT2D eigenvalue weighted by Gasteiger charge is -2.26. The Labute approximate surface area is 119 Å². The van der Waals surface area contributed by atoms with Gasteiger partial charge in [-0.2, -0.15) is 0 Å². The Morgan fingerprint density at radius 3 is 2.60 bits per heavy atom. The van der Waals surface area contributed by atoms with E-state index in [2.05, 4.69) is 14.9 Å². The van der Waals surface area contributed by atoms with E-state index in [0.717, 1.165) is 24.6 Å². The molecule has 0 aliphatic carbocycles. The SMILES string of the molecule is CCOC(=O)C(N)Cc1cnc(N2CCCCC2)nc1. The van der Waals surface area contributed by atoms with Gasteiger partial charge in [0.1, 0.15) is 6.04 Å². The molecule has 1 saturated heterocycles. The molecule has 6 heteroatoms. The van der Waals surface area contributed by atoms with E-state index in [1.807, 2.05) is 0 Å². The summed E-state index contributed by atoms with van der Waals surface area (Å²) in [5.74, 6) is 0.380. The standard InChI is InChI=1S/C14H22N4O2/c1-2-20-13(19)12(15)8-11-9-16-14(17-10-11)18-6-4-3-5-7-18/h9-10,12H,2-8,15H2,1H3. The summed E-state index contributed by atoms with van der Waals surface area (Å²) in [6.07, 6.45) is 7.56. The Hall–Kier alpha value is -1.69. The highest BCUT2D eigenvalue weighted by molar-refractivity contribution is 5.75. The summed E-state index contributed by atoms with van der Waals surface area (Å²) in [5, 5.41) is 0. The van der Waals surface area contributed by atoms with Crippen molar-refractivity contribution in [3.8, 4) is 0 Å². The Morgan fingerprint density at radius 2 is 2.00 bits per heavy atom. The van der Waals surface area contributed by atoms with Crippen molar-refractivity contribution in [2.24, 2.45) is 5.73 Å². The fourth-order valence-corrected chi connectivity index (χ4v) is 2.30. The van der Waals surface area contributed by atoms with Crippen LogP contribution in [0.5, 0.6) is 0 Å². The summed E-state index contributed by atoms with van der Waals surface area (Å²) < 4.78 is 4.88. The van der Waals surface area contributed by atoms with E-state index in [4.69, 9.17) is 10.5 Å². The van der Waals surface area contributed by atoms with E-state index in [-0.39, 0.29) is 5.97 Å². The second-order valence-corrected chi connectivity index (χ2v) is 5.00. The maximum absolute atomic E-state index is 11.5. The van der Waals surface area contributed by atoms with Crippen molar-refractivity contribution in [2.75, 3.05) is 24.6 Å². The number of rotatable bonds is 5. The van der Waals surface area contributed by atoms with Gasteiger partial charge >= 0.3 is 5.97 Å². The molecule has 110 valence electrons. The first-order valence-corrected chi connectivity index (χ1v) is 7.18. The van der Waals surface area contributed by atoms with Crippen LogP contribution in [0.25, 0.3) is 0 Å². The number of piperidine rings is 1. The molecule has 2 rings (SSSR count). The molecule has 0 saturated carbocycles. The van der Waals surface area contributed by atoms with Gasteiger partial charge in [-0.1, -0.05) is 0 Å². The van der Waals surface area contributed by atoms with Crippen LogP contribution < -0.4 is 10.6 Å². The first kappa shape index (κ1) is 14.7. The number of nitrogens with two attached hydrogens (primary N) is 1. The van der Waals surface area contributed by atoms with Gasteiger partial charge in [0.05, 0.1) is 6.61 Å². The lowest BCUT2D eigenvalue weighted by molar-refractivity contribution is -0.144. The lowest BCUT2D eigenvalue weighted by atomic mass is 10.1. The normalized spacial score (nSPS) is 16.8. The van der Waals surface area contributed by atoms with Crippen LogP contribution in [0, 0.1) is 0 Å². The number of ether oxygens (including phenoxy) is 1. The summed E-state index contributed by atoms with van der Waals surface area (Å²) >= 11 is 0. The molecular weight excluding hydrogens is 256 g/mol. The lowest BCUT2D eigenvalue weighted by Crippen LogP contribution is -2.34. The van der Waals surface area contributed by atoms with Crippen LogP contribution in [0.4, 0.5) is 5.95 Å². The van der Waals surface area contributed by atoms with Gasteiger partial charge < -0.3 is 15.4 Å². The third kappa shape index (κ3) is 3.90. The monoisotopic (exact) mass is 278 g/mol. The third-order valence-corrected chi connectivity index (χ3v) is 3.38. The number of anilines is 1. The van der Waals surface area contributed by atoms with Crippen molar-refractivity contribution in [1.82, 2.24) is 9.97 Å². The number of hydrogen-bond donors (Lipinski definition) is 1. The van der Waals surface area contributed by atoms with Gasteiger partial charge in [-0.3, -0.25) is 4.79 Å². The highest BCUT2D eigenvalue weighted by Gasteiger charge is 2.17. The van der Waals surface area contributed by atoms with Gasteiger partial charge in [-0.25, -0.2) is 9.97 Å². The molecule has 2 heterocycles. The number of esters is 1. The summed E-state index contributed by atoms with van der Waals surface area (Å²) in [6.45, 7) is 4.14. The van der Waals surface area contributed by atoms with Gasteiger partial charge in [0, 0.05) is 31.9 Å². The van der Waals surface area contributed by atoms with Crippen LogP contribution in [0.2, 0.25) is 0 Å². The van der Waals surface area contributed by atoms with Crippen molar-refractivity contribution in [3.05, 3.63) is 18.0 Å². The molecule has 1 atom stereocenters. The minimum atomic E-state index is -0.653. The van der Waals surface area contributed by atoms with E-state index in [1.54, 1.807) is 19.3 Å². The average Bonchev–Trinajstić information content (AvgIpc) is 2.49. The minimum absolute atomic E-state index is 0.344. The van der Waals surface area contributed by atoms with Crippen LogP contribution >= 0.6 is 0 Å². The largest absolute Gasteiger partial charge is 0.465 e. The number of carbonyl (C=O) groups is 1. The zero-order chi connectivity index (χ0) is 14.4. The van der Waals surface area contributed by atoms with E-state index in [0.29, 0.717) is 13.0 Å². The molecule has 1 unspecified atom stereocenters. The van der Waals surface area contributed by atoms with Crippen molar-refractivity contribution in [3.63, 3.8) is 0 Å².